The molecule has 28 heavy (non-hydrogen) atoms. The van der Waals surface area contributed by atoms with Crippen LogP contribution in [-0.4, -0.2) is 54.3 Å². The molecule has 4 rings (SSSR count). The van der Waals surface area contributed by atoms with E-state index in [1.165, 1.54) is 22.6 Å². The van der Waals surface area contributed by atoms with Crippen LogP contribution in [0.25, 0.3) is 0 Å². The van der Waals surface area contributed by atoms with Crippen LogP contribution in [0.15, 0.2) is 54.6 Å². The van der Waals surface area contributed by atoms with Crippen LogP contribution in [0.4, 0.5) is 10.1 Å². The van der Waals surface area contributed by atoms with Gasteiger partial charge in [-0.1, -0.05) is 36.4 Å². The van der Waals surface area contributed by atoms with Crippen molar-refractivity contribution in [2.24, 2.45) is 5.92 Å². The Hall–Kier alpha value is -2.73. The summed E-state index contributed by atoms with van der Waals surface area (Å²) in [6.07, 6.45) is 0.485. The molecule has 2 heterocycles. The highest BCUT2D eigenvalue weighted by molar-refractivity contribution is 6.09. The smallest absolute Gasteiger partial charge is 0.239 e. The third kappa shape index (κ3) is 3.92. The highest BCUT2D eigenvalue weighted by atomic mass is 19.1. The number of amides is 2. The van der Waals surface area contributed by atoms with Crippen molar-refractivity contribution >= 4 is 17.5 Å². The SMILES string of the molecule is O=C([C@H]1CCN(c2cccc(F)c2)C1=O)N1CCN(Cc2ccccc2)CC1. The molecule has 0 unspecified atom stereocenters. The number of halogens is 1. The zero-order valence-corrected chi connectivity index (χ0v) is 15.8. The molecule has 0 aliphatic carbocycles. The van der Waals surface area contributed by atoms with Crippen molar-refractivity contribution in [3.8, 4) is 0 Å². The number of benzene rings is 2. The van der Waals surface area contributed by atoms with Crippen LogP contribution < -0.4 is 4.90 Å². The second-order valence-corrected chi connectivity index (χ2v) is 7.40. The van der Waals surface area contributed by atoms with Crippen LogP contribution in [0.3, 0.4) is 0 Å². The maximum absolute atomic E-state index is 13.5. The fraction of sp³-hybridized carbons (Fsp3) is 0.364. The normalized spacial score (nSPS) is 20.6. The molecular weight excluding hydrogens is 357 g/mol. The van der Waals surface area contributed by atoms with E-state index in [-0.39, 0.29) is 17.6 Å². The van der Waals surface area contributed by atoms with E-state index in [2.05, 4.69) is 17.0 Å². The van der Waals surface area contributed by atoms with E-state index in [4.69, 9.17) is 0 Å². The Bertz CT molecular complexity index is 850. The van der Waals surface area contributed by atoms with Gasteiger partial charge < -0.3 is 9.80 Å². The Morgan fingerprint density at radius 2 is 1.71 bits per heavy atom. The quantitative estimate of drug-likeness (QED) is 0.765. The van der Waals surface area contributed by atoms with E-state index < -0.39 is 5.92 Å². The molecule has 0 N–H and O–H groups in total. The molecule has 0 radical (unpaired) electrons. The molecule has 5 nitrogen and oxygen atoms in total. The molecule has 6 heteroatoms. The Kier molecular flexibility index (Phi) is 5.39. The number of hydrogen-bond donors (Lipinski definition) is 0. The number of carbonyl (C=O) groups excluding carboxylic acids is 2. The number of anilines is 1. The van der Waals surface area contributed by atoms with E-state index >= 15 is 0 Å². The largest absolute Gasteiger partial charge is 0.339 e. The topological polar surface area (TPSA) is 43.9 Å². The number of carbonyl (C=O) groups is 2. The highest BCUT2D eigenvalue weighted by Gasteiger charge is 2.40. The van der Waals surface area contributed by atoms with Gasteiger partial charge in [-0.3, -0.25) is 14.5 Å². The van der Waals surface area contributed by atoms with Crippen LogP contribution in [0, 0.1) is 11.7 Å². The first-order chi connectivity index (χ1) is 13.6. The fourth-order valence-electron chi connectivity index (χ4n) is 4.00. The van der Waals surface area contributed by atoms with E-state index in [1.807, 2.05) is 18.2 Å². The summed E-state index contributed by atoms with van der Waals surface area (Å²) in [4.78, 5) is 31.3. The summed E-state index contributed by atoms with van der Waals surface area (Å²) in [5.41, 5.74) is 1.78. The van der Waals surface area contributed by atoms with Gasteiger partial charge in [0.05, 0.1) is 0 Å². The Labute approximate surface area is 164 Å². The van der Waals surface area contributed by atoms with E-state index in [0.29, 0.717) is 31.7 Å². The summed E-state index contributed by atoms with van der Waals surface area (Å²) in [6.45, 7) is 4.19. The molecule has 2 saturated heterocycles. The molecule has 146 valence electrons. The fourth-order valence-corrected chi connectivity index (χ4v) is 4.00. The van der Waals surface area contributed by atoms with Gasteiger partial charge in [0.25, 0.3) is 0 Å². The first kappa shape index (κ1) is 18.6. The van der Waals surface area contributed by atoms with Crippen molar-refractivity contribution < 1.29 is 14.0 Å². The van der Waals surface area contributed by atoms with Crippen molar-refractivity contribution in [3.05, 3.63) is 66.0 Å². The van der Waals surface area contributed by atoms with Crippen LogP contribution in [0.2, 0.25) is 0 Å². The average molecular weight is 381 g/mol. The van der Waals surface area contributed by atoms with Crippen molar-refractivity contribution in [1.29, 1.82) is 0 Å². The second-order valence-electron chi connectivity index (χ2n) is 7.40. The van der Waals surface area contributed by atoms with E-state index in [1.54, 1.807) is 17.0 Å². The molecule has 2 fully saturated rings. The minimum absolute atomic E-state index is 0.0942. The maximum Gasteiger partial charge on any atom is 0.239 e. The van der Waals surface area contributed by atoms with Gasteiger partial charge in [-0.25, -0.2) is 4.39 Å². The number of hydrogen-bond acceptors (Lipinski definition) is 3. The Morgan fingerprint density at radius 1 is 0.964 bits per heavy atom. The standard InChI is InChI=1S/C22H24FN3O2/c23-18-7-4-8-19(15-18)26-10-9-20(22(26)28)21(27)25-13-11-24(12-14-25)16-17-5-2-1-3-6-17/h1-8,15,20H,9-14,16H2/t20-/m1/s1. The van der Waals surface area contributed by atoms with Gasteiger partial charge in [-0.2, -0.15) is 0 Å². The molecule has 2 aliphatic rings. The molecule has 0 saturated carbocycles. The first-order valence-electron chi connectivity index (χ1n) is 9.74. The molecule has 0 bridgehead atoms. The molecule has 2 aromatic rings. The Morgan fingerprint density at radius 3 is 2.43 bits per heavy atom. The Balaban J connectivity index is 1.33. The summed E-state index contributed by atoms with van der Waals surface area (Å²) in [6, 6.07) is 16.3. The van der Waals surface area contributed by atoms with Gasteiger partial charge in [0.1, 0.15) is 11.7 Å². The summed E-state index contributed by atoms with van der Waals surface area (Å²) in [5, 5.41) is 0. The molecule has 0 aromatic heterocycles. The third-order valence-corrected chi connectivity index (χ3v) is 5.56. The van der Waals surface area contributed by atoms with Gasteiger partial charge in [0, 0.05) is 45.0 Å². The molecular formula is C22H24FN3O2. The van der Waals surface area contributed by atoms with Crippen LogP contribution in [-0.2, 0) is 16.1 Å². The van der Waals surface area contributed by atoms with Crippen molar-refractivity contribution in [3.63, 3.8) is 0 Å². The first-order valence-corrected chi connectivity index (χ1v) is 9.74. The minimum Gasteiger partial charge on any atom is -0.339 e. The lowest BCUT2D eigenvalue weighted by Gasteiger charge is -2.35. The lowest BCUT2D eigenvalue weighted by atomic mass is 10.1. The van der Waals surface area contributed by atoms with Gasteiger partial charge in [-0.05, 0) is 30.2 Å². The van der Waals surface area contributed by atoms with E-state index in [9.17, 15) is 14.0 Å². The van der Waals surface area contributed by atoms with Crippen molar-refractivity contribution in [2.45, 2.75) is 13.0 Å². The average Bonchev–Trinajstić information content (AvgIpc) is 3.10. The highest BCUT2D eigenvalue weighted by Crippen LogP contribution is 2.27. The van der Waals surface area contributed by atoms with Gasteiger partial charge in [-0.15, -0.1) is 0 Å². The van der Waals surface area contributed by atoms with Crippen LogP contribution >= 0.6 is 0 Å². The van der Waals surface area contributed by atoms with Crippen LogP contribution in [0.1, 0.15) is 12.0 Å². The number of rotatable bonds is 4. The van der Waals surface area contributed by atoms with Gasteiger partial charge in [0.2, 0.25) is 11.8 Å². The zero-order chi connectivity index (χ0) is 19.5. The molecule has 0 spiro atoms. The van der Waals surface area contributed by atoms with Gasteiger partial charge in [0.15, 0.2) is 0 Å². The second kappa shape index (κ2) is 8.10. The molecule has 2 aliphatic heterocycles. The zero-order valence-electron chi connectivity index (χ0n) is 15.8. The van der Waals surface area contributed by atoms with Gasteiger partial charge >= 0.3 is 0 Å². The van der Waals surface area contributed by atoms with Crippen molar-refractivity contribution in [2.75, 3.05) is 37.6 Å². The molecule has 2 aromatic carbocycles. The monoisotopic (exact) mass is 381 g/mol. The summed E-state index contributed by atoms with van der Waals surface area (Å²) in [7, 11) is 0. The third-order valence-electron chi connectivity index (χ3n) is 5.56. The maximum atomic E-state index is 13.5. The number of nitrogens with zero attached hydrogens (tertiary/aromatic N) is 3. The summed E-state index contributed by atoms with van der Waals surface area (Å²) >= 11 is 0. The van der Waals surface area contributed by atoms with Crippen molar-refractivity contribution in [1.82, 2.24) is 9.80 Å². The number of piperazine rings is 1. The lowest BCUT2D eigenvalue weighted by molar-refractivity contribution is -0.141. The minimum atomic E-state index is -0.649. The van der Waals surface area contributed by atoms with E-state index in [0.717, 1.165) is 19.6 Å². The van der Waals surface area contributed by atoms with Crippen LogP contribution in [0.5, 0.6) is 0 Å². The molecule has 2 amide bonds. The predicted molar refractivity (Wildman–Crippen MR) is 105 cm³/mol. The summed E-state index contributed by atoms with van der Waals surface area (Å²) < 4.78 is 13.5. The predicted octanol–water partition coefficient (Wildman–Crippen LogP) is 2.52. The molecule has 1 atom stereocenters. The lowest BCUT2D eigenvalue weighted by Crippen LogP contribution is -2.51. The summed E-state index contributed by atoms with van der Waals surface area (Å²) in [5.74, 6) is -1.34.